The van der Waals surface area contributed by atoms with E-state index in [1.807, 2.05) is 9.80 Å². The lowest BCUT2D eigenvalue weighted by molar-refractivity contribution is -0.131. The van der Waals surface area contributed by atoms with Crippen LogP contribution in [0.5, 0.6) is 0 Å². The number of benzene rings is 1. The van der Waals surface area contributed by atoms with Gasteiger partial charge in [0.15, 0.2) is 0 Å². The topological polar surface area (TPSA) is 71.3 Å². The number of rotatable bonds is 3. The van der Waals surface area contributed by atoms with Crippen molar-refractivity contribution in [1.82, 2.24) is 24.6 Å². The number of piperidine rings is 1. The molecular weight excluding hydrogens is 373 g/mol. The number of amides is 2. The lowest BCUT2D eigenvalue weighted by Crippen LogP contribution is -2.37. The van der Waals surface area contributed by atoms with Crippen LogP contribution in [0.1, 0.15) is 42.9 Å². The Hall–Kier alpha value is -2.77. The summed E-state index contributed by atoms with van der Waals surface area (Å²) >= 11 is 0. The van der Waals surface area contributed by atoms with E-state index in [1.165, 1.54) is 12.1 Å². The van der Waals surface area contributed by atoms with Gasteiger partial charge in [0, 0.05) is 52.0 Å². The number of fused-ring (bicyclic) bond motifs is 1. The molecule has 0 N–H and O–H groups in total. The molecule has 2 aliphatic heterocycles. The quantitative estimate of drug-likeness (QED) is 0.789. The number of likely N-dealkylation sites (tertiary alicyclic amines) is 1. The van der Waals surface area contributed by atoms with Crippen molar-refractivity contribution in [2.45, 2.75) is 45.1 Å². The molecule has 1 saturated heterocycles. The molecule has 2 aliphatic rings. The summed E-state index contributed by atoms with van der Waals surface area (Å²) in [5, 5.41) is 8.83. The Kier molecular flexibility index (Phi) is 5.60. The molecule has 154 valence electrons. The Labute approximate surface area is 169 Å². The second kappa shape index (κ2) is 8.31. The summed E-state index contributed by atoms with van der Waals surface area (Å²) in [5.74, 6) is 1.98. The van der Waals surface area contributed by atoms with Crippen LogP contribution in [0.25, 0.3) is 0 Å². The van der Waals surface area contributed by atoms with Crippen LogP contribution in [0.15, 0.2) is 24.3 Å². The maximum atomic E-state index is 13.4. The molecule has 4 rings (SSSR count). The van der Waals surface area contributed by atoms with Crippen LogP contribution in [-0.2, 0) is 29.0 Å². The monoisotopic (exact) mass is 399 g/mol. The van der Waals surface area contributed by atoms with Gasteiger partial charge >= 0.3 is 0 Å². The van der Waals surface area contributed by atoms with Gasteiger partial charge in [-0.1, -0.05) is 12.1 Å². The van der Waals surface area contributed by atoms with Crippen molar-refractivity contribution >= 4 is 11.8 Å². The van der Waals surface area contributed by atoms with E-state index in [2.05, 4.69) is 14.8 Å². The number of aromatic nitrogens is 3. The van der Waals surface area contributed by atoms with Gasteiger partial charge in [-0.15, -0.1) is 10.2 Å². The molecule has 0 aliphatic carbocycles. The van der Waals surface area contributed by atoms with Crippen LogP contribution in [0.4, 0.5) is 4.39 Å². The summed E-state index contributed by atoms with van der Waals surface area (Å²) < 4.78 is 15.5. The predicted octanol–water partition coefficient (Wildman–Crippen LogP) is 1.77. The Morgan fingerprint density at radius 3 is 2.59 bits per heavy atom. The predicted molar refractivity (Wildman–Crippen MR) is 105 cm³/mol. The van der Waals surface area contributed by atoms with E-state index in [-0.39, 0.29) is 24.1 Å². The SMILES string of the molecule is CC(=O)N1CCC(c2nnc3n2CCN(C(=O)Cc2cccc(F)c2)CC3)CC1. The molecule has 7 nitrogen and oxygen atoms in total. The van der Waals surface area contributed by atoms with Gasteiger partial charge in [-0.25, -0.2) is 4.39 Å². The highest BCUT2D eigenvalue weighted by Crippen LogP contribution is 2.28. The highest BCUT2D eigenvalue weighted by atomic mass is 19.1. The van der Waals surface area contributed by atoms with E-state index >= 15 is 0 Å². The molecule has 1 aromatic heterocycles. The summed E-state index contributed by atoms with van der Waals surface area (Å²) in [5.41, 5.74) is 0.691. The fourth-order valence-electron chi connectivity index (χ4n) is 4.28. The van der Waals surface area contributed by atoms with Gasteiger partial charge in [0.2, 0.25) is 11.8 Å². The second-order valence-electron chi connectivity index (χ2n) is 7.84. The third-order valence-corrected chi connectivity index (χ3v) is 5.96. The van der Waals surface area contributed by atoms with Crippen molar-refractivity contribution in [2.24, 2.45) is 0 Å². The molecule has 0 bridgehead atoms. The zero-order valence-electron chi connectivity index (χ0n) is 16.7. The highest BCUT2D eigenvalue weighted by molar-refractivity contribution is 5.78. The molecule has 0 atom stereocenters. The maximum Gasteiger partial charge on any atom is 0.227 e. The Balaban J connectivity index is 1.40. The molecule has 0 saturated carbocycles. The van der Waals surface area contributed by atoms with E-state index in [0.717, 1.165) is 37.6 Å². The van der Waals surface area contributed by atoms with Crippen molar-refractivity contribution < 1.29 is 14.0 Å². The minimum atomic E-state index is -0.321. The first-order valence-corrected chi connectivity index (χ1v) is 10.2. The lowest BCUT2D eigenvalue weighted by Gasteiger charge is -2.31. The normalized spacial score (nSPS) is 17.7. The Bertz CT molecular complexity index is 904. The Morgan fingerprint density at radius 2 is 1.86 bits per heavy atom. The maximum absolute atomic E-state index is 13.4. The van der Waals surface area contributed by atoms with Crippen LogP contribution >= 0.6 is 0 Å². The van der Waals surface area contributed by atoms with E-state index in [4.69, 9.17) is 0 Å². The summed E-state index contributed by atoms with van der Waals surface area (Å²) in [6.07, 6.45) is 2.64. The molecule has 0 spiro atoms. The molecule has 0 radical (unpaired) electrons. The number of hydrogen-bond acceptors (Lipinski definition) is 4. The van der Waals surface area contributed by atoms with E-state index in [9.17, 15) is 14.0 Å². The van der Waals surface area contributed by atoms with Gasteiger partial charge < -0.3 is 14.4 Å². The average Bonchev–Trinajstić information content (AvgIpc) is 2.99. The minimum Gasteiger partial charge on any atom is -0.343 e. The summed E-state index contributed by atoms with van der Waals surface area (Å²) in [4.78, 5) is 28.0. The highest BCUT2D eigenvalue weighted by Gasteiger charge is 2.29. The van der Waals surface area contributed by atoms with Crippen LogP contribution in [0.3, 0.4) is 0 Å². The van der Waals surface area contributed by atoms with Crippen molar-refractivity contribution in [1.29, 1.82) is 0 Å². The number of nitrogens with zero attached hydrogens (tertiary/aromatic N) is 5. The zero-order chi connectivity index (χ0) is 20.4. The molecular formula is C21H26FN5O2. The number of carbonyl (C=O) groups excluding carboxylic acids is 2. The van der Waals surface area contributed by atoms with Crippen molar-refractivity contribution in [2.75, 3.05) is 26.2 Å². The van der Waals surface area contributed by atoms with E-state index in [1.54, 1.807) is 19.1 Å². The van der Waals surface area contributed by atoms with Crippen LogP contribution in [0, 0.1) is 5.82 Å². The first-order valence-electron chi connectivity index (χ1n) is 10.2. The summed E-state index contributed by atoms with van der Waals surface area (Å²) in [6.45, 7) is 4.97. The fraction of sp³-hybridized carbons (Fsp3) is 0.524. The first kappa shape index (κ1) is 19.5. The molecule has 2 aromatic rings. The van der Waals surface area contributed by atoms with Crippen molar-refractivity contribution in [3.63, 3.8) is 0 Å². The minimum absolute atomic E-state index is 0.00521. The van der Waals surface area contributed by atoms with Crippen LogP contribution in [0.2, 0.25) is 0 Å². The first-order chi connectivity index (χ1) is 14.0. The molecule has 3 heterocycles. The standard InChI is InChI=1S/C21H26FN5O2/c1-15(28)25-8-5-17(6-9-25)21-24-23-19-7-10-26(11-12-27(19)21)20(29)14-16-3-2-4-18(22)13-16/h2-4,13,17H,5-12,14H2,1H3. The largest absolute Gasteiger partial charge is 0.343 e. The Morgan fingerprint density at radius 1 is 1.07 bits per heavy atom. The van der Waals surface area contributed by atoms with Gasteiger partial charge in [-0.3, -0.25) is 9.59 Å². The van der Waals surface area contributed by atoms with Crippen LogP contribution < -0.4 is 0 Å². The molecule has 29 heavy (non-hydrogen) atoms. The van der Waals surface area contributed by atoms with Gasteiger partial charge in [0.1, 0.15) is 17.5 Å². The van der Waals surface area contributed by atoms with Crippen molar-refractivity contribution in [3.8, 4) is 0 Å². The van der Waals surface area contributed by atoms with Gasteiger partial charge in [-0.05, 0) is 30.5 Å². The molecule has 1 aromatic carbocycles. The van der Waals surface area contributed by atoms with Gasteiger partial charge in [0.25, 0.3) is 0 Å². The smallest absolute Gasteiger partial charge is 0.227 e. The van der Waals surface area contributed by atoms with Crippen LogP contribution in [-0.4, -0.2) is 62.6 Å². The number of carbonyl (C=O) groups is 2. The molecule has 8 heteroatoms. The second-order valence-corrected chi connectivity index (χ2v) is 7.84. The molecule has 0 unspecified atom stereocenters. The third-order valence-electron chi connectivity index (χ3n) is 5.96. The number of halogens is 1. The summed E-state index contributed by atoms with van der Waals surface area (Å²) in [7, 11) is 0. The third kappa shape index (κ3) is 4.31. The lowest BCUT2D eigenvalue weighted by atomic mass is 9.96. The summed E-state index contributed by atoms with van der Waals surface area (Å²) in [6, 6.07) is 6.20. The van der Waals surface area contributed by atoms with E-state index < -0.39 is 0 Å². The number of hydrogen-bond donors (Lipinski definition) is 0. The van der Waals surface area contributed by atoms with E-state index in [0.29, 0.717) is 37.5 Å². The van der Waals surface area contributed by atoms with Gasteiger partial charge in [-0.2, -0.15) is 0 Å². The average molecular weight is 399 g/mol. The van der Waals surface area contributed by atoms with Gasteiger partial charge in [0.05, 0.1) is 6.42 Å². The molecule has 1 fully saturated rings. The zero-order valence-corrected chi connectivity index (χ0v) is 16.7. The molecule has 2 amide bonds. The fourth-order valence-corrected chi connectivity index (χ4v) is 4.28. The van der Waals surface area contributed by atoms with Crippen molar-refractivity contribution in [3.05, 3.63) is 47.3 Å².